The first-order valence-electron chi connectivity index (χ1n) is 14.0. The first kappa shape index (κ1) is 28.1. The van der Waals surface area contributed by atoms with E-state index in [1.807, 2.05) is 0 Å². The first-order valence-corrected chi connectivity index (χ1v) is 15.6. The molecule has 2 atom stereocenters. The number of anilines is 1. The zero-order chi connectivity index (χ0) is 29.4. The molecule has 2 aliphatic carbocycles. The first-order chi connectivity index (χ1) is 20.3. The van der Waals surface area contributed by atoms with Crippen LogP contribution < -0.4 is 15.6 Å². The molecular formula is C28H32N8O5S. The Kier molecular flexibility index (Phi) is 7.58. The van der Waals surface area contributed by atoms with Crippen molar-refractivity contribution in [2.75, 3.05) is 25.3 Å². The van der Waals surface area contributed by atoms with Gasteiger partial charge in [0.25, 0.3) is 5.56 Å². The molecule has 0 spiro atoms. The van der Waals surface area contributed by atoms with Gasteiger partial charge in [-0.3, -0.25) is 14.3 Å². The smallest absolute Gasteiger partial charge is 0.295 e. The largest absolute Gasteiger partial charge is 0.480 e. The van der Waals surface area contributed by atoms with Gasteiger partial charge >= 0.3 is 0 Å². The minimum Gasteiger partial charge on any atom is -0.480 e. The maximum atomic E-state index is 14.0. The van der Waals surface area contributed by atoms with Gasteiger partial charge in [-0.25, -0.2) is 33.3 Å². The Morgan fingerprint density at radius 1 is 1.02 bits per heavy atom. The van der Waals surface area contributed by atoms with Crippen LogP contribution in [0.15, 0.2) is 40.5 Å². The predicted octanol–water partition coefficient (Wildman–Crippen LogP) is 3.07. The van der Waals surface area contributed by atoms with Gasteiger partial charge in [-0.05, 0) is 44.2 Å². The summed E-state index contributed by atoms with van der Waals surface area (Å²) in [7, 11) is -0.159. The number of methoxy groups -OCH3 is 2. The number of nitrogens with one attached hydrogen (secondary N) is 1. The minimum absolute atomic E-state index is 0.00772. The van der Waals surface area contributed by atoms with Gasteiger partial charge in [-0.15, -0.1) is 0 Å². The van der Waals surface area contributed by atoms with Crippen molar-refractivity contribution in [3.8, 4) is 17.3 Å². The Bertz CT molecular complexity index is 1790. The van der Waals surface area contributed by atoms with E-state index in [4.69, 9.17) is 14.5 Å². The van der Waals surface area contributed by atoms with Gasteiger partial charge < -0.3 is 14.8 Å². The van der Waals surface area contributed by atoms with Crippen molar-refractivity contribution in [2.45, 2.75) is 68.5 Å². The number of rotatable bonds is 10. The van der Waals surface area contributed by atoms with Crippen molar-refractivity contribution in [3.05, 3.63) is 52.6 Å². The van der Waals surface area contributed by atoms with Crippen LogP contribution in [0.25, 0.3) is 22.6 Å². The highest BCUT2D eigenvalue weighted by atomic mass is 32.2. The predicted molar refractivity (Wildman–Crippen MR) is 154 cm³/mol. The lowest BCUT2D eigenvalue weighted by molar-refractivity contribution is 0.0751. The molecule has 0 saturated heterocycles. The minimum atomic E-state index is -3.36. The topological polar surface area (TPSA) is 164 Å². The molecule has 4 aromatic heterocycles. The van der Waals surface area contributed by atoms with Crippen molar-refractivity contribution in [3.63, 3.8) is 0 Å². The molecular weight excluding hydrogens is 560 g/mol. The number of ether oxygens (including phenoxy) is 2. The fourth-order valence-corrected chi connectivity index (χ4v) is 6.30. The fourth-order valence-electron chi connectivity index (χ4n) is 5.48. The number of sulfone groups is 1. The highest BCUT2D eigenvalue weighted by molar-refractivity contribution is 7.91. The highest BCUT2D eigenvalue weighted by Gasteiger charge is 2.34. The van der Waals surface area contributed by atoms with E-state index in [0.717, 1.165) is 37.8 Å². The zero-order valence-electron chi connectivity index (χ0n) is 23.6. The van der Waals surface area contributed by atoms with Crippen LogP contribution in [0, 0.1) is 0 Å². The van der Waals surface area contributed by atoms with Gasteiger partial charge in [0.15, 0.2) is 27.1 Å². The molecule has 2 aliphatic rings. The molecule has 13 nitrogen and oxygen atoms in total. The van der Waals surface area contributed by atoms with Crippen LogP contribution in [-0.2, 0) is 21.1 Å². The molecule has 1 N–H and O–H groups in total. The van der Waals surface area contributed by atoms with Crippen LogP contribution in [0.4, 0.5) is 5.82 Å². The Morgan fingerprint density at radius 3 is 2.55 bits per heavy atom. The van der Waals surface area contributed by atoms with Gasteiger partial charge in [0.05, 0.1) is 54.0 Å². The van der Waals surface area contributed by atoms with Gasteiger partial charge in [0, 0.05) is 19.2 Å². The van der Waals surface area contributed by atoms with E-state index in [2.05, 4.69) is 30.2 Å². The molecule has 4 aromatic rings. The number of hydrogen-bond donors (Lipinski definition) is 1. The van der Waals surface area contributed by atoms with Crippen molar-refractivity contribution in [1.29, 1.82) is 0 Å². The van der Waals surface area contributed by atoms with Crippen molar-refractivity contribution < 1.29 is 17.9 Å². The second-order valence-corrected chi connectivity index (χ2v) is 12.7. The molecule has 2 fully saturated rings. The second-order valence-electron chi connectivity index (χ2n) is 10.5. The van der Waals surface area contributed by atoms with Crippen molar-refractivity contribution in [2.24, 2.45) is 0 Å². The molecule has 42 heavy (non-hydrogen) atoms. The lowest BCUT2D eigenvalue weighted by atomic mass is 10.1. The molecule has 1 unspecified atom stereocenters. The lowest BCUT2D eigenvalue weighted by Gasteiger charge is -2.23. The number of aromatic nitrogens is 7. The van der Waals surface area contributed by atoms with Crippen molar-refractivity contribution >= 4 is 26.8 Å². The molecule has 0 bridgehead atoms. The highest BCUT2D eigenvalue weighted by Crippen LogP contribution is 2.45. The average molecular weight is 593 g/mol. The Hall–Kier alpha value is -4.04. The SMILES string of the molecule is CCS(=O)(=O)c1ccc(CNc2nc3cnc(-c4c(OC)ncnc4C4CC4)nc3n(C3CCC[C@@H]3OC)c2=O)nc1. The van der Waals surface area contributed by atoms with Gasteiger partial charge in [-0.1, -0.05) is 6.92 Å². The van der Waals surface area contributed by atoms with Crippen LogP contribution in [0.3, 0.4) is 0 Å². The van der Waals surface area contributed by atoms with E-state index < -0.39 is 9.84 Å². The summed E-state index contributed by atoms with van der Waals surface area (Å²) in [5, 5.41) is 3.09. The lowest BCUT2D eigenvalue weighted by Crippen LogP contribution is -2.33. The molecule has 2 saturated carbocycles. The molecule has 220 valence electrons. The molecule has 0 amide bonds. The summed E-state index contributed by atoms with van der Waals surface area (Å²) in [6.45, 7) is 1.75. The molecule has 0 radical (unpaired) electrons. The molecule has 4 heterocycles. The van der Waals surface area contributed by atoms with Gasteiger partial charge in [-0.2, -0.15) is 0 Å². The summed E-state index contributed by atoms with van der Waals surface area (Å²) >= 11 is 0. The molecule has 0 aromatic carbocycles. The van der Waals surface area contributed by atoms with Gasteiger partial charge in [0.2, 0.25) is 5.88 Å². The fraction of sp³-hybridized carbons (Fsp3) is 0.464. The standard InChI is InChI=1S/C28H32N8O5S/c1-4-42(38,39)18-11-10-17(29-13-18)12-30-25-28(37)36(20-6-5-7-21(20)40-2)26-19(34-25)14-31-24(35-26)22-23(16-8-9-16)32-15-33-27(22)41-3/h10-11,13-16,20-21H,4-9,12H2,1-3H3,(H,30,34)/t20?,21-/m0/s1. The second kappa shape index (κ2) is 11.3. The third kappa shape index (κ3) is 5.20. The third-order valence-electron chi connectivity index (χ3n) is 7.88. The van der Waals surface area contributed by atoms with E-state index in [0.29, 0.717) is 40.0 Å². The maximum absolute atomic E-state index is 14.0. The van der Waals surface area contributed by atoms with E-state index in [9.17, 15) is 13.2 Å². The quantitative estimate of drug-likeness (QED) is 0.287. The number of hydrogen-bond acceptors (Lipinski definition) is 12. The van der Waals surface area contributed by atoms with Crippen molar-refractivity contribution in [1.82, 2.24) is 34.5 Å². The summed E-state index contributed by atoms with van der Waals surface area (Å²) < 4.78 is 37.3. The Morgan fingerprint density at radius 2 is 1.86 bits per heavy atom. The van der Waals surface area contributed by atoms with Gasteiger partial charge in [0.1, 0.15) is 17.4 Å². The normalized spacial score (nSPS) is 18.8. The zero-order valence-corrected chi connectivity index (χ0v) is 24.5. The van der Waals surface area contributed by atoms with E-state index in [1.54, 1.807) is 38.0 Å². The number of pyridine rings is 1. The van der Waals surface area contributed by atoms with E-state index in [1.165, 1.54) is 18.6 Å². The maximum Gasteiger partial charge on any atom is 0.295 e. The summed E-state index contributed by atoms with van der Waals surface area (Å²) in [4.78, 5) is 41.3. The van der Waals surface area contributed by atoms with E-state index >= 15 is 0 Å². The van der Waals surface area contributed by atoms with Crippen LogP contribution in [0.2, 0.25) is 0 Å². The average Bonchev–Trinajstić information content (AvgIpc) is 3.76. The Labute approximate surface area is 242 Å². The van der Waals surface area contributed by atoms with Crippen LogP contribution in [0.1, 0.15) is 62.4 Å². The summed E-state index contributed by atoms with van der Waals surface area (Å²) in [5.74, 6) is 1.15. The van der Waals surface area contributed by atoms with Crippen LogP contribution in [0.5, 0.6) is 5.88 Å². The summed E-state index contributed by atoms with van der Waals surface area (Å²) in [6, 6.07) is 2.89. The third-order valence-corrected chi connectivity index (χ3v) is 9.60. The van der Waals surface area contributed by atoms with E-state index in [-0.39, 0.29) is 40.7 Å². The Balaban J connectivity index is 1.42. The summed E-state index contributed by atoms with van der Waals surface area (Å²) in [5.41, 5.74) is 2.50. The number of nitrogens with zero attached hydrogens (tertiary/aromatic N) is 7. The molecule has 0 aliphatic heterocycles. The molecule has 6 rings (SSSR count). The molecule has 14 heteroatoms. The van der Waals surface area contributed by atoms with Crippen LogP contribution >= 0.6 is 0 Å². The number of fused-ring (bicyclic) bond motifs is 1. The van der Waals surface area contributed by atoms with Crippen LogP contribution in [-0.4, -0.2) is 69.0 Å². The monoisotopic (exact) mass is 592 g/mol. The summed E-state index contributed by atoms with van der Waals surface area (Å²) in [6.07, 6.45) is 8.76.